The summed E-state index contributed by atoms with van der Waals surface area (Å²) in [6.45, 7) is 2.19. The topological polar surface area (TPSA) is 38.3 Å². The van der Waals surface area contributed by atoms with E-state index in [0.29, 0.717) is 6.04 Å². The number of anilines is 1. The van der Waals surface area contributed by atoms with Crippen molar-refractivity contribution in [3.8, 4) is 0 Å². The van der Waals surface area contributed by atoms with Gasteiger partial charge in [-0.1, -0.05) is 38.0 Å². The maximum absolute atomic E-state index is 11.9. The van der Waals surface area contributed by atoms with Gasteiger partial charge in [-0.15, -0.1) is 0 Å². The molecule has 0 amide bonds. The fraction of sp³-hybridized carbons (Fsp3) is 0.533. The van der Waals surface area contributed by atoms with E-state index in [9.17, 15) is 4.79 Å². The maximum Gasteiger partial charge on any atom is 0.313 e. The molecule has 98 valence electrons. The van der Waals surface area contributed by atoms with Crippen molar-refractivity contribution in [2.45, 2.75) is 44.6 Å². The number of rotatable bonds is 4. The molecule has 2 atom stereocenters. The quantitative estimate of drug-likeness (QED) is 0.829. The van der Waals surface area contributed by atoms with Crippen LogP contribution in [0.15, 0.2) is 24.3 Å². The van der Waals surface area contributed by atoms with E-state index in [1.165, 1.54) is 20.0 Å². The third-order valence-electron chi connectivity index (χ3n) is 3.61. The third-order valence-corrected chi connectivity index (χ3v) is 3.61. The largest absolute Gasteiger partial charge is 0.469 e. The van der Waals surface area contributed by atoms with Crippen LogP contribution in [-0.2, 0) is 9.53 Å². The lowest BCUT2D eigenvalue weighted by molar-refractivity contribution is -0.142. The molecule has 1 aromatic rings. The number of carbonyl (C=O) groups excluding carboxylic acids is 1. The molecule has 0 spiro atoms. The van der Waals surface area contributed by atoms with Crippen molar-refractivity contribution in [2.24, 2.45) is 0 Å². The first kappa shape index (κ1) is 12.9. The van der Waals surface area contributed by atoms with Crippen LogP contribution in [0.5, 0.6) is 0 Å². The highest BCUT2D eigenvalue weighted by molar-refractivity contribution is 5.81. The lowest BCUT2D eigenvalue weighted by Gasteiger charge is -2.31. The van der Waals surface area contributed by atoms with E-state index in [0.717, 1.165) is 24.1 Å². The summed E-state index contributed by atoms with van der Waals surface area (Å²) in [7, 11) is 1.47. The molecule has 0 fully saturated rings. The SMILES string of the molecule is CCCC[C@H]1C[C@@H](C(=O)OC)c2ccccc2N1. The highest BCUT2D eigenvalue weighted by Crippen LogP contribution is 2.36. The fourth-order valence-electron chi connectivity index (χ4n) is 2.63. The van der Waals surface area contributed by atoms with Crippen molar-refractivity contribution in [2.75, 3.05) is 12.4 Å². The number of unbranched alkanes of at least 4 members (excludes halogenated alkanes) is 1. The van der Waals surface area contributed by atoms with Crippen LogP contribution in [0, 0.1) is 0 Å². The second-order valence-corrected chi connectivity index (χ2v) is 4.88. The molecule has 0 bridgehead atoms. The van der Waals surface area contributed by atoms with Crippen molar-refractivity contribution in [1.29, 1.82) is 0 Å². The Morgan fingerprint density at radius 3 is 2.94 bits per heavy atom. The van der Waals surface area contributed by atoms with Gasteiger partial charge in [0.2, 0.25) is 0 Å². The maximum atomic E-state index is 11.9. The van der Waals surface area contributed by atoms with Gasteiger partial charge in [-0.3, -0.25) is 4.79 Å². The second-order valence-electron chi connectivity index (χ2n) is 4.88. The van der Waals surface area contributed by atoms with E-state index < -0.39 is 0 Å². The van der Waals surface area contributed by atoms with Gasteiger partial charge in [0.25, 0.3) is 0 Å². The van der Waals surface area contributed by atoms with E-state index in [-0.39, 0.29) is 11.9 Å². The average molecular weight is 247 g/mol. The standard InChI is InChI=1S/C15H21NO2/c1-3-4-7-11-10-13(15(17)18-2)12-8-5-6-9-14(12)16-11/h5-6,8-9,11,13,16H,3-4,7,10H2,1-2H3/t11-,13+/m0/s1. The van der Waals surface area contributed by atoms with Gasteiger partial charge in [-0.2, -0.15) is 0 Å². The van der Waals surface area contributed by atoms with Gasteiger partial charge >= 0.3 is 5.97 Å². The molecule has 1 aliphatic heterocycles. The van der Waals surface area contributed by atoms with Gasteiger partial charge < -0.3 is 10.1 Å². The first-order valence-electron chi connectivity index (χ1n) is 6.69. The van der Waals surface area contributed by atoms with E-state index in [2.05, 4.69) is 12.2 Å². The molecule has 1 heterocycles. The van der Waals surface area contributed by atoms with E-state index in [1.54, 1.807) is 0 Å². The zero-order chi connectivity index (χ0) is 13.0. The summed E-state index contributed by atoms with van der Waals surface area (Å²) >= 11 is 0. The summed E-state index contributed by atoms with van der Waals surface area (Å²) in [5.41, 5.74) is 2.15. The minimum absolute atomic E-state index is 0.116. The molecule has 0 aliphatic carbocycles. The fourth-order valence-corrected chi connectivity index (χ4v) is 2.63. The molecule has 0 saturated heterocycles. The number of hydrogen-bond donors (Lipinski definition) is 1. The predicted octanol–water partition coefficient (Wildman–Crippen LogP) is 3.32. The minimum atomic E-state index is -0.120. The Balaban J connectivity index is 2.21. The summed E-state index contributed by atoms with van der Waals surface area (Å²) in [6, 6.07) is 8.41. The normalized spacial score (nSPS) is 21.9. The first-order chi connectivity index (χ1) is 8.76. The smallest absolute Gasteiger partial charge is 0.313 e. The number of fused-ring (bicyclic) bond motifs is 1. The van der Waals surface area contributed by atoms with Crippen LogP contribution in [0.3, 0.4) is 0 Å². The van der Waals surface area contributed by atoms with Crippen LogP contribution in [0.1, 0.15) is 44.1 Å². The monoisotopic (exact) mass is 247 g/mol. The Hall–Kier alpha value is -1.51. The van der Waals surface area contributed by atoms with Gasteiger partial charge in [0.15, 0.2) is 0 Å². The zero-order valence-electron chi connectivity index (χ0n) is 11.1. The van der Waals surface area contributed by atoms with Crippen LogP contribution in [0.25, 0.3) is 0 Å². The summed E-state index contributed by atoms with van der Waals surface area (Å²) in [5, 5.41) is 3.53. The lowest BCUT2D eigenvalue weighted by atomic mass is 9.85. The molecular formula is C15H21NO2. The van der Waals surface area contributed by atoms with Gasteiger partial charge in [0.05, 0.1) is 13.0 Å². The number of methoxy groups -OCH3 is 1. The Morgan fingerprint density at radius 2 is 2.22 bits per heavy atom. The van der Waals surface area contributed by atoms with Crippen molar-refractivity contribution in [1.82, 2.24) is 0 Å². The van der Waals surface area contributed by atoms with E-state index in [1.807, 2.05) is 24.3 Å². The molecule has 2 rings (SSSR count). The van der Waals surface area contributed by atoms with Gasteiger partial charge in [-0.05, 0) is 24.5 Å². The summed E-state index contributed by atoms with van der Waals surface area (Å²) in [4.78, 5) is 11.9. The van der Waals surface area contributed by atoms with Crippen LogP contribution < -0.4 is 5.32 Å². The number of para-hydroxylation sites is 1. The molecule has 0 unspecified atom stereocenters. The number of nitrogens with one attached hydrogen (secondary N) is 1. The molecule has 1 aliphatic rings. The minimum Gasteiger partial charge on any atom is -0.469 e. The molecule has 3 heteroatoms. The zero-order valence-corrected chi connectivity index (χ0v) is 11.1. The van der Waals surface area contributed by atoms with Crippen molar-refractivity contribution < 1.29 is 9.53 Å². The Kier molecular flexibility index (Phi) is 4.24. The molecular weight excluding hydrogens is 226 g/mol. The predicted molar refractivity (Wildman–Crippen MR) is 72.8 cm³/mol. The molecule has 3 nitrogen and oxygen atoms in total. The van der Waals surface area contributed by atoms with E-state index >= 15 is 0 Å². The molecule has 0 radical (unpaired) electrons. The van der Waals surface area contributed by atoms with Crippen LogP contribution in [0.4, 0.5) is 5.69 Å². The van der Waals surface area contributed by atoms with Crippen molar-refractivity contribution in [3.63, 3.8) is 0 Å². The Morgan fingerprint density at radius 1 is 1.44 bits per heavy atom. The molecule has 0 saturated carbocycles. The average Bonchev–Trinajstić information content (AvgIpc) is 2.43. The Labute approximate surface area is 109 Å². The second kappa shape index (κ2) is 5.89. The number of hydrogen-bond acceptors (Lipinski definition) is 3. The van der Waals surface area contributed by atoms with Gasteiger partial charge in [-0.25, -0.2) is 0 Å². The molecule has 1 N–H and O–H groups in total. The molecule has 0 aromatic heterocycles. The molecule has 18 heavy (non-hydrogen) atoms. The summed E-state index contributed by atoms with van der Waals surface area (Å²) in [6.07, 6.45) is 4.32. The highest BCUT2D eigenvalue weighted by atomic mass is 16.5. The third kappa shape index (κ3) is 2.66. The lowest BCUT2D eigenvalue weighted by Crippen LogP contribution is -2.31. The van der Waals surface area contributed by atoms with E-state index in [4.69, 9.17) is 4.74 Å². The van der Waals surface area contributed by atoms with Crippen molar-refractivity contribution in [3.05, 3.63) is 29.8 Å². The first-order valence-corrected chi connectivity index (χ1v) is 6.69. The van der Waals surface area contributed by atoms with Crippen molar-refractivity contribution >= 4 is 11.7 Å². The van der Waals surface area contributed by atoms with Gasteiger partial charge in [0, 0.05) is 11.7 Å². The van der Waals surface area contributed by atoms with Crippen LogP contribution in [-0.4, -0.2) is 19.1 Å². The van der Waals surface area contributed by atoms with Crippen LogP contribution >= 0.6 is 0 Å². The number of esters is 1. The summed E-state index contributed by atoms with van der Waals surface area (Å²) in [5.74, 6) is -0.236. The number of carbonyl (C=O) groups is 1. The summed E-state index contributed by atoms with van der Waals surface area (Å²) < 4.78 is 4.93. The highest BCUT2D eigenvalue weighted by Gasteiger charge is 2.31. The molecule has 1 aromatic carbocycles. The van der Waals surface area contributed by atoms with Gasteiger partial charge in [0.1, 0.15) is 0 Å². The number of benzene rings is 1. The number of ether oxygens (including phenoxy) is 1. The Bertz CT molecular complexity index is 417. The van der Waals surface area contributed by atoms with Crippen LogP contribution in [0.2, 0.25) is 0 Å².